The first kappa shape index (κ1) is 25.0. The maximum absolute atomic E-state index is 13.7. The summed E-state index contributed by atoms with van der Waals surface area (Å²) in [5.41, 5.74) is 2.98. The lowest BCUT2D eigenvalue weighted by molar-refractivity contribution is -0.139. The number of hydrogen-bond acceptors (Lipinski definition) is 1. The van der Waals surface area contributed by atoms with Gasteiger partial charge in [0.2, 0.25) is 0 Å². The van der Waals surface area contributed by atoms with E-state index in [2.05, 4.69) is 10.3 Å². The van der Waals surface area contributed by atoms with Gasteiger partial charge >= 0.3 is 6.18 Å². The molecule has 9 heteroatoms. The van der Waals surface area contributed by atoms with Gasteiger partial charge in [-0.3, -0.25) is 0 Å². The fourth-order valence-corrected chi connectivity index (χ4v) is 4.46. The molecule has 0 radical (unpaired) electrons. The van der Waals surface area contributed by atoms with Gasteiger partial charge in [0.15, 0.2) is 5.11 Å². The third-order valence-corrected chi connectivity index (χ3v) is 6.89. The molecule has 3 rings (SSSR count). The zero-order valence-electron chi connectivity index (χ0n) is 17.0. The minimum Gasteiger partial charge on any atom is -0.364 e. The molecule has 170 valence electrons. The average Bonchev–Trinajstić information content (AvgIpc) is 3.13. The molecule has 0 spiro atoms. The largest absolute Gasteiger partial charge is 0.399 e. The van der Waals surface area contributed by atoms with Gasteiger partial charge in [-0.2, -0.15) is 13.2 Å². The van der Waals surface area contributed by atoms with Gasteiger partial charge in [0.1, 0.15) is 0 Å². The van der Waals surface area contributed by atoms with E-state index in [9.17, 15) is 13.2 Å². The van der Waals surface area contributed by atoms with Crippen molar-refractivity contribution in [3.8, 4) is 0 Å². The maximum atomic E-state index is 13.7. The zero-order valence-corrected chi connectivity index (χ0v) is 20.1. The van der Waals surface area contributed by atoms with Crippen molar-refractivity contribution in [2.45, 2.75) is 37.3 Å². The van der Waals surface area contributed by atoms with Crippen LogP contribution in [0.15, 0.2) is 41.4 Å². The molecule has 0 fully saturated rings. The Morgan fingerprint density at radius 1 is 1.22 bits per heavy atom. The molecule has 0 aliphatic heterocycles. The molecule has 2 atom stereocenters. The van der Waals surface area contributed by atoms with Crippen molar-refractivity contribution >= 4 is 64.4 Å². The van der Waals surface area contributed by atoms with E-state index in [1.807, 2.05) is 24.4 Å². The molecule has 2 unspecified atom stereocenters. The predicted octanol–water partition coefficient (Wildman–Crippen LogP) is 8.00. The van der Waals surface area contributed by atoms with Gasteiger partial charge < -0.3 is 5.32 Å². The molecule has 32 heavy (non-hydrogen) atoms. The van der Waals surface area contributed by atoms with Crippen molar-refractivity contribution in [3.05, 3.63) is 73.7 Å². The molecular formula is C23H20Cl3F3N2S. The second-order valence-corrected chi connectivity index (χ2v) is 9.05. The predicted molar refractivity (Wildman–Crippen MR) is 132 cm³/mol. The number of allylic oxidation sites excluding steroid dienone is 1. The van der Waals surface area contributed by atoms with Crippen LogP contribution in [0.25, 0.3) is 6.08 Å². The molecule has 0 aromatic heterocycles. The molecule has 1 aliphatic carbocycles. The maximum Gasteiger partial charge on any atom is 0.399 e. The Kier molecular flexibility index (Phi) is 8.26. The quantitative estimate of drug-likeness (QED) is 0.246. The number of aryl methyl sites for hydroxylation is 1. The van der Waals surface area contributed by atoms with Gasteiger partial charge in [0.25, 0.3) is 0 Å². The number of rotatable bonds is 5. The molecule has 2 aromatic carbocycles. The summed E-state index contributed by atoms with van der Waals surface area (Å²) in [5.74, 6) is -1.53. The van der Waals surface area contributed by atoms with Gasteiger partial charge in [0, 0.05) is 13.3 Å². The molecule has 0 bridgehead atoms. The van der Waals surface area contributed by atoms with Gasteiger partial charge in [-0.1, -0.05) is 65.2 Å². The highest BCUT2D eigenvalue weighted by atomic mass is 35.5. The number of nitrogens with one attached hydrogen (secondary N) is 1. The lowest BCUT2D eigenvalue weighted by Crippen LogP contribution is -2.19. The van der Waals surface area contributed by atoms with Crippen molar-refractivity contribution < 1.29 is 13.2 Å². The van der Waals surface area contributed by atoms with Crippen molar-refractivity contribution in [2.24, 2.45) is 4.99 Å². The van der Waals surface area contributed by atoms with Crippen molar-refractivity contribution in [3.63, 3.8) is 0 Å². The topological polar surface area (TPSA) is 24.4 Å². The Hall–Kier alpha value is -1.60. The molecule has 0 heterocycles. The Bertz CT molecular complexity index is 1040. The summed E-state index contributed by atoms with van der Waals surface area (Å²) in [6.07, 6.45) is 2.50. The molecule has 1 aliphatic rings. The summed E-state index contributed by atoms with van der Waals surface area (Å²) in [6, 6.07) is 8.16. The standard InChI is InChI=1S/C23H20Cl3F3N2S/c1-30-22(32)31-9-8-14-4-5-15-10-13(2-6-17(14)15)3-7-18(23(27,28)29)16-11-19(24)21(26)20(25)12-16/h2-3,6-7,9-12,14,18H,4-5,8H2,1H3,(H,30,32)/b7-3+,31-9?. The Balaban J connectivity index is 1.81. The van der Waals surface area contributed by atoms with E-state index < -0.39 is 12.1 Å². The first-order chi connectivity index (χ1) is 15.1. The molecule has 2 aromatic rings. The normalized spacial score (nSPS) is 17.2. The fourth-order valence-electron chi connectivity index (χ4n) is 3.77. The van der Waals surface area contributed by atoms with E-state index in [-0.39, 0.29) is 20.6 Å². The second-order valence-electron chi connectivity index (χ2n) is 7.47. The van der Waals surface area contributed by atoms with Gasteiger partial charge in [-0.25, -0.2) is 4.99 Å². The Labute approximate surface area is 205 Å². The van der Waals surface area contributed by atoms with Crippen molar-refractivity contribution in [2.75, 3.05) is 7.05 Å². The van der Waals surface area contributed by atoms with Crippen LogP contribution in [0, 0.1) is 0 Å². The van der Waals surface area contributed by atoms with Crippen molar-refractivity contribution in [1.82, 2.24) is 5.32 Å². The monoisotopic (exact) mass is 518 g/mol. The van der Waals surface area contributed by atoms with E-state index >= 15 is 0 Å². The number of alkyl halides is 3. The molecular weight excluding hydrogens is 500 g/mol. The van der Waals surface area contributed by atoms with E-state index in [0.717, 1.165) is 30.9 Å². The molecule has 0 amide bonds. The Morgan fingerprint density at radius 2 is 1.91 bits per heavy atom. The summed E-state index contributed by atoms with van der Waals surface area (Å²) in [6.45, 7) is 0. The van der Waals surface area contributed by atoms with Crippen LogP contribution < -0.4 is 5.32 Å². The minimum absolute atomic E-state index is 0.0144. The number of aliphatic imine (C=N–C) groups is 1. The highest BCUT2D eigenvalue weighted by molar-refractivity contribution is 7.80. The number of fused-ring (bicyclic) bond motifs is 1. The van der Waals surface area contributed by atoms with Gasteiger partial charge in [-0.05, 0) is 71.8 Å². The number of nitrogens with zero attached hydrogens (tertiary/aromatic N) is 1. The highest BCUT2D eigenvalue weighted by Crippen LogP contribution is 2.41. The SMILES string of the molecule is CNC(=S)N=CCC1CCc2cc(/C=C/C(c3cc(Cl)c(Cl)c(Cl)c3)C(F)(F)F)ccc21. The first-order valence-corrected chi connectivity index (χ1v) is 11.4. The average molecular weight is 520 g/mol. The number of halogens is 6. The number of benzene rings is 2. The molecule has 1 N–H and O–H groups in total. The minimum atomic E-state index is -4.51. The third kappa shape index (κ3) is 6.04. The second kappa shape index (κ2) is 10.6. The molecule has 2 nitrogen and oxygen atoms in total. The van der Waals surface area contributed by atoms with E-state index in [0.29, 0.717) is 16.6 Å². The fraction of sp³-hybridized carbons (Fsp3) is 0.304. The highest BCUT2D eigenvalue weighted by Gasteiger charge is 2.39. The zero-order chi connectivity index (χ0) is 23.5. The van der Waals surface area contributed by atoms with Crippen molar-refractivity contribution in [1.29, 1.82) is 0 Å². The third-order valence-electron chi connectivity index (χ3n) is 5.38. The van der Waals surface area contributed by atoms with Crippen LogP contribution in [0.5, 0.6) is 0 Å². The molecule has 0 saturated heterocycles. The van der Waals surface area contributed by atoms with Crippen LogP contribution in [0.2, 0.25) is 15.1 Å². The van der Waals surface area contributed by atoms with Crippen LogP contribution in [-0.4, -0.2) is 24.6 Å². The lowest BCUT2D eigenvalue weighted by atomic mass is 9.95. The van der Waals surface area contributed by atoms with Crippen LogP contribution in [-0.2, 0) is 6.42 Å². The number of hydrogen-bond donors (Lipinski definition) is 1. The summed E-state index contributed by atoms with van der Waals surface area (Å²) in [7, 11) is 1.72. The van der Waals surface area contributed by atoms with E-state index in [1.165, 1.54) is 23.8 Å². The van der Waals surface area contributed by atoms with Crippen LogP contribution in [0.3, 0.4) is 0 Å². The summed E-state index contributed by atoms with van der Waals surface area (Å²) >= 11 is 22.8. The van der Waals surface area contributed by atoms with E-state index in [4.69, 9.17) is 47.0 Å². The first-order valence-electron chi connectivity index (χ1n) is 9.86. The van der Waals surface area contributed by atoms with E-state index in [1.54, 1.807) is 7.05 Å². The summed E-state index contributed by atoms with van der Waals surface area (Å²) in [5, 5.41) is 3.24. The molecule has 0 saturated carbocycles. The smallest absolute Gasteiger partial charge is 0.364 e. The lowest BCUT2D eigenvalue weighted by Gasteiger charge is -2.18. The summed E-state index contributed by atoms with van der Waals surface area (Å²) in [4.78, 5) is 4.17. The van der Waals surface area contributed by atoms with Crippen LogP contribution in [0.1, 0.15) is 46.9 Å². The summed E-state index contributed by atoms with van der Waals surface area (Å²) < 4.78 is 41.2. The van der Waals surface area contributed by atoms with Crippen LogP contribution in [0.4, 0.5) is 13.2 Å². The van der Waals surface area contributed by atoms with Gasteiger partial charge in [-0.15, -0.1) is 0 Å². The van der Waals surface area contributed by atoms with Crippen LogP contribution >= 0.6 is 47.0 Å². The van der Waals surface area contributed by atoms with Gasteiger partial charge in [0.05, 0.1) is 21.0 Å². The Morgan fingerprint density at radius 3 is 2.53 bits per heavy atom. The number of thiocarbonyl (C=S) groups is 1.